The number of piperazine rings is 1. The third-order valence-corrected chi connectivity index (χ3v) is 6.74. The molecule has 0 atom stereocenters. The number of ether oxygens (including phenoxy) is 1. The number of benzene rings is 2. The molecule has 5 rings (SSSR count). The lowest BCUT2D eigenvalue weighted by atomic mass is 10.0. The zero-order chi connectivity index (χ0) is 20.5. The van der Waals surface area contributed by atoms with Gasteiger partial charge < -0.3 is 20.3 Å². The van der Waals surface area contributed by atoms with Crippen LogP contribution in [0.1, 0.15) is 11.1 Å². The van der Waals surface area contributed by atoms with Gasteiger partial charge in [0.2, 0.25) is 5.95 Å². The molecule has 0 amide bonds. The Morgan fingerprint density at radius 1 is 1.03 bits per heavy atom. The van der Waals surface area contributed by atoms with E-state index in [2.05, 4.69) is 51.1 Å². The van der Waals surface area contributed by atoms with Crippen molar-refractivity contribution in [3.63, 3.8) is 0 Å². The fourth-order valence-corrected chi connectivity index (χ4v) is 5.04. The zero-order valence-corrected chi connectivity index (χ0v) is 17.9. The highest BCUT2D eigenvalue weighted by Crippen LogP contribution is 2.45. The normalized spacial score (nSPS) is 16.1. The van der Waals surface area contributed by atoms with Gasteiger partial charge in [0.1, 0.15) is 18.2 Å². The Labute approximate surface area is 181 Å². The Kier molecular flexibility index (Phi) is 5.23. The van der Waals surface area contributed by atoms with Gasteiger partial charge >= 0.3 is 0 Å². The maximum Gasteiger partial charge on any atom is 0.222 e. The molecule has 2 aliphatic heterocycles. The topological polar surface area (TPSA) is 67.5 Å². The first-order valence-electron chi connectivity index (χ1n) is 10.2. The van der Waals surface area contributed by atoms with Gasteiger partial charge in [-0.1, -0.05) is 30.3 Å². The van der Waals surface area contributed by atoms with E-state index in [0.717, 1.165) is 65.2 Å². The molecule has 1 saturated heterocycles. The molecule has 7 heteroatoms. The molecule has 2 N–H and O–H groups in total. The molecule has 3 aromatic rings. The van der Waals surface area contributed by atoms with Crippen molar-refractivity contribution in [3.8, 4) is 17.0 Å². The monoisotopic (exact) mass is 419 g/mol. The van der Waals surface area contributed by atoms with Gasteiger partial charge in [0.15, 0.2) is 0 Å². The number of hydrogen-bond donors (Lipinski definition) is 1. The summed E-state index contributed by atoms with van der Waals surface area (Å²) in [5.74, 6) is 3.06. The van der Waals surface area contributed by atoms with Crippen molar-refractivity contribution in [1.29, 1.82) is 0 Å². The second-order valence-electron chi connectivity index (χ2n) is 7.76. The van der Waals surface area contributed by atoms with E-state index in [1.807, 2.05) is 24.3 Å². The lowest BCUT2D eigenvalue weighted by molar-refractivity contribution is 0.306. The molecule has 3 heterocycles. The minimum Gasteiger partial charge on any atom is -0.489 e. The summed E-state index contributed by atoms with van der Waals surface area (Å²) in [4.78, 5) is 15.1. The molecule has 0 aliphatic carbocycles. The van der Waals surface area contributed by atoms with Crippen molar-refractivity contribution in [3.05, 3.63) is 59.7 Å². The number of nitrogens with two attached hydrogens (primary N) is 1. The van der Waals surface area contributed by atoms with Crippen LogP contribution < -0.4 is 15.4 Å². The Morgan fingerprint density at radius 3 is 2.63 bits per heavy atom. The maximum absolute atomic E-state index is 6.12. The number of likely N-dealkylation sites (N-methyl/N-ethyl adjacent to an activating group) is 1. The number of rotatable bonds is 4. The molecule has 1 fully saturated rings. The number of nitrogens with zero attached hydrogens (tertiary/aromatic N) is 4. The number of fused-ring (bicyclic) bond motifs is 3. The Bertz CT molecular complexity index is 1050. The molecule has 0 radical (unpaired) electrons. The lowest BCUT2D eigenvalue weighted by Gasteiger charge is -2.35. The summed E-state index contributed by atoms with van der Waals surface area (Å²) in [7, 11) is 2.16. The van der Waals surface area contributed by atoms with Gasteiger partial charge in [-0.3, -0.25) is 0 Å². The van der Waals surface area contributed by atoms with Crippen molar-refractivity contribution >= 4 is 23.5 Å². The van der Waals surface area contributed by atoms with Crippen LogP contribution in [0.4, 0.5) is 11.8 Å². The Hall–Kier alpha value is -2.77. The molecule has 0 unspecified atom stereocenters. The first kappa shape index (κ1) is 19.2. The summed E-state index contributed by atoms with van der Waals surface area (Å²) < 4.78 is 6.02. The minimum absolute atomic E-state index is 0.334. The summed E-state index contributed by atoms with van der Waals surface area (Å²) in [5.41, 5.74) is 10.6. The highest BCUT2D eigenvalue weighted by Gasteiger charge is 2.27. The maximum atomic E-state index is 6.12. The summed E-state index contributed by atoms with van der Waals surface area (Å²) in [6, 6.07) is 16.5. The van der Waals surface area contributed by atoms with Crippen LogP contribution in [-0.4, -0.2) is 48.1 Å². The van der Waals surface area contributed by atoms with Crippen LogP contribution >= 0.6 is 11.8 Å². The van der Waals surface area contributed by atoms with Crippen LogP contribution in [-0.2, 0) is 12.4 Å². The summed E-state index contributed by atoms with van der Waals surface area (Å²) in [5, 5.41) is 0. The van der Waals surface area contributed by atoms with E-state index in [1.54, 1.807) is 11.8 Å². The minimum atomic E-state index is 0.334. The molecule has 30 heavy (non-hydrogen) atoms. The fourth-order valence-electron chi connectivity index (χ4n) is 3.90. The van der Waals surface area contributed by atoms with E-state index >= 15 is 0 Å². The molecular formula is C23H25N5OS. The highest BCUT2D eigenvalue weighted by molar-refractivity contribution is 7.98. The molecule has 154 valence electrons. The van der Waals surface area contributed by atoms with Gasteiger partial charge in [0.25, 0.3) is 0 Å². The van der Waals surface area contributed by atoms with Gasteiger partial charge in [-0.05, 0) is 36.4 Å². The van der Waals surface area contributed by atoms with Crippen molar-refractivity contribution < 1.29 is 4.74 Å². The van der Waals surface area contributed by atoms with Crippen LogP contribution in [0.15, 0.2) is 53.4 Å². The van der Waals surface area contributed by atoms with E-state index in [1.165, 1.54) is 5.56 Å². The highest BCUT2D eigenvalue weighted by atomic mass is 32.2. The standard InChI is InChI=1S/C23H25N5OS/c1-27-9-11-28(12-10-27)22-21-20(25-23(24)26-22)19-8-7-18(13-17(19)15-30-21)29-14-16-5-3-2-4-6-16/h2-8,13H,9-12,14-15H2,1H3,(H2,24,25,26). The number of aromatic nitrogens is 2. The number of hydrogen-bond acceptors (Lipinski definition) is 7. The average Bonchev–Trinajstić information content (AvgIpc) is 2.78. The van der Waals surface area contributed by atoms with Crippen LogP contribution in [0, 0.1) is 0 Å². The predicted octanol–water partition coefficient (Wildman–Crippen LogP) is 3.66. The Balaban J connectivity index is 1.42. The fraction of sp³-hybridized carbons (Fsp3) is 0.304. The third-order valence-electron chi connectivity index (χ3n) is 5.62. The van der Waals surface area contributed by atoms with Gasteiger partial charge in [-0.2, -0.15) is 4.98 Å². The lowest BCUT2D eigenvalue weighted by Crippen LogP contribution is -2.45. The largest absolute Gasteiger partial charge is 0.489 e. The van der Waals surface area contributed by atoms with Gasteiger partial charge in [0.05, 0.1) is 10.6 Å². The van der Waals surface area contributed by atoms with Crippen LogP contribution in [0.2, 0.25) is 0 Å². The third kappa shape index (κ3) is 3.82. The first-order chi connectivity index (χ1) is 14.7. The van der Waals surface area contributed by atoms with Crippen molar-refractivity contribution in [2.45, 2.75) is 17.3 Å². The summed E-state index contributed by atoms with van der Waals surface area (Å²) in [6.07, 6.45) is 0. The predicted molar refractivity (Wildman–Crippen MR) is 122 cm³/mol. The number of thioether (sulfide) groups is 1. The van der Waals surface area contributed by atoms with E-state index in [0.29, 0.717) is 12.6 Å². The molecule has 2 aromatic carbocycles. The smallest absolute Gasteiger partial charge is 0.222 e. The summed E-state index contributed by atoms with van der Waals surface area (Å²) in [6.45, 7) is 4.54. The van der Waals surface area contributed by atoms with Crippen LogP contribution in [0.5, 0.6) is 5.75 Å². The molecule has 1 aromatic heterocycles. The van der Waals surface area contributed by atoms with Gasteiger partial charge in [0, 0.05) is 37.5 Å². The molecule has 6 nitrogen and oxygen atoms in total. The van der Waals surface area contributed by atoms with Gasteiger partial charge in [-0.15, -0.1) is 11.8 Å². The quantitative estimate of drug-likeness (QED) is 0.692. The second-order valence-corrected chi connectivity index (χ2v) is 8.74. The van der Waals surface area contributed by atoms with E-state index in [9.17, 15) is 0 Å². The van der Waals surface area contributed by atoms with Crippen LogP contribution in [0.3, 0.4) is 0 Å². The second kappa shape index (κ2) is 8.16. The van der Waals surface area contributed by atoms with E-state index in [-0.39, 0.29) is 0 Å². The van der Waals surface area contributed by atoms with Crippen molar-refractivity contribution in [2.75, 3.05) is 43.9 Å². The molecule has 0 saturated carbocycles. The van der Waals surface area contributed by atoms with Crippen molar-refractivity contribution in [2.24, 2.45) is 0 Å². The van der Waals surface area contributed by atoms with Crippen LogP contribution in [0.25, 0.3) is 11.3 Å². The molecule has 0 bridgehead atoms. The SMILES string of the molecule is CN1CCN(c2nc(N)nc3c2SCc2cc(OCc4ccccc4)ccc2-3)CC1. The molecular weight excluding hydrogens is 394 g/mol. The Morgan fingerprint density at radius 2 is 1.83 bits per heavy atom. The van der Waals surface area contributed by atoms with E-state index in [4.69, 9.17) is 10.5 Å². The molecule has 0 spiro atoms. The molecule has 2 aliphatic rings. The zero-order valence-electron chi connectivity index (χ0n) is 17.0. The van der Waals surface area contributed by atoms with E-state index < -0.39 is 0 Å². The first-order valence-corrected chi connectivity index (χ1v) is 11.2. The average molecular weight is 420 g/mol. The van der Waals surface area contributed by atoms with Crippen molar-refractivity contribution in [1.82, 2.24) is 14.9 Å². The number of nitrogen functional groups attached to an aromatic ring is 1. The van der Waals surface area contributed by atoms with Gasteiger partial charge in [-0.25, -0.2) is 4.98 Å². The summed E-state index contributed by atoms with van der Waals surface area (Å²) >= 11 is 1.79. The number of anilines is 2.